The molecule has 0 aliphatic heterocycles. The van der Waals surface area contributed by atoms with E-state index in [1.165, 1.54) is 5.56 Å². The fourth-order valence-corrected chi connectivity index (χ4v) is 3.18. The number of carbonyl (C=O) groups is 2. The largest absolute Gasteiger partial charge is 0.363 e. The van der Waals surface area contributed by atoms with Crippen molar-refractivity contribution in [2.75, 3.05) is 0 Å². The third kappa shape index (κ3) is 1.97. The molecule has 0 aliphatic carbocycles. The van der Waals surface area contributed by atoms with Crippen LogP contribution in [0.4, 0.5) is 0 Å². The van der Waals surface area contributed by atoms with E-state index in [-0.39, 0.29) is 0 Å². The molecule has 2 aromatic rings. The highest BCUT2D eigenvalue weighted by Crippen LogP contribution is 2.32. The quantitative estimate of drug-likeness (QED) is 0.696. The number of pyridine rings is 1. The Morgan fingerprint density at radius 2 is 1.52 bits per heavy atom. The van der Waals surface area contributed by atoms with Crippen LogP contribution in [-0.4, -0.2) is 16.1 Å². The number of nitrogens with two attached hydrogens (primary N) is 1. The number of rotatable bonds is 3. The average Bonchev–Trinajstić information content (AvgIpc) is 2.74. The summed E-state index contributed by atoms with van der Waals surface area (Å²) < 4.78 is 2.11. The highest BCUT2D eigenvalue weighted by atomic mass is 16.2. The number of amides is 1. The Kier molecular flexibility index (Phi) is 3.66. The summed E-state index contributed by atoms with van der Waals surface area (Å²) in [4.78, 5) is 23.7. The van der Waals surface area contributed by atoms with Crippen LogP contribution in [0.25, 0.3) is 5.52 Å². The monoisotopic (exact) mass is 286 g/mol. The van der Waals surface area contributed by atoms with Crippen molar-refractivity contribution < 1.29 is 9.59 Å². The molecule has 4 heteroatoms. The number of Topliss-reactive ketones (excluding diaryl/α,β-unsaturated/α-hetero) is 1. The van der Waals surface area contributed by atoms with E-state index in [4.69, 9.17) is 5.73 Å². The van der Waals surface area contributed by atoms with Gasteiger partial charge >= 0.3 is 0 Å². The van der Waals surface area contributed by atoms with E-state index in [0.717, 1.165) is 40.0 Å². The van der Waals surface area contributed by atoms with Crippen LogP contribution in [0.2, 0.25) is 0 Å². The summed E-state index contributed by atoms with van der Waals surface area (Å²) in [6, 6.07) is 0. The minimum atomic E-state index is -0.900. The van der Waals surface area contributed by atoms with Crippen LogP contribution < -0.4 is 5.73 Å². The summed E-state index contributed by atoms with van der Waals surface area (Å²) in [6.45, 7) is 12.1. The molecule has 0 saturated carbocycles. The van der Waals surface area contributed by atoms with Gasteiger partial charge in [-0.2, -0.15) is 0 Å². The number of nitrogens with zero attached hydrogens (tertiary/aromatic N) is 1. The fraction of sp³-hybridized carbons (Fsp3) is 0.412. The van der Waals surface area contributed by atoms with Crippen molar-refractivity contribution in [3.63, 3.8) is 0 Å². The molecule has 0 atom stereocenters. The molecule has 112 valence electrons. The summed E-state index contributed by atoms with van der Waals surface area (Å²) in [5.41, 5.74) is 13.0. The Labute approximate surface area is 124 Å². The van der Waals surface area contributed by atoms with Crippen LogP contribution in [0.1, 0.15) is 50.9 Å². The van der Waals surface area contributed by atoms with Crippen molar-refractivity contribution in [1.29, 1.82) is 0 Å². The van der Waals surface area contributed by atoms with Crippen LogP contribution in [0, 0.1) is 34.6 Å². The Balaban J connectivity index is 3.11. The summed E-state index contributed by atoms with van der Waals surface area (Å²) in [6.07, 6.45) is 0.793. The normalized spacial score (nSPS) is 11.1. The van der Waals surface area contributed by atoms with E-state index in [0.29, 0.717) is 5.56 Å². The van der Waals surface area contributed by atoms with E-state index in [1.54, 1.807) is 0 Å². The lowest BCUT2D eigenvalue weighted by atomic mass is 9.99. The third-order valence-corrected chi connectivity index (χ3v) is 4.68. The number of ketones is 1. The van der Waals surface area contributed by atoms with Gasteiger partial charge in [-0.05, 0) is 63.3 Å². The summed E-state index contributed by atoms with van der Waals surface area (Å²) in [5, 5.41) is 0. The Morgan fingerprint density at radius 1 is 0.952 bits per heavy atom. The first kappa shape index (κ1) is 15.3. The van der Waals surface area contributed by atoms with Crippen molar-refractivity contribution in [1.82, 2.24) is 4.40 Å². The van der Waals surface area contributed by atoms with E-state index >= 15 is 0 Å². The number of hydrogen-bond donors (Lipinski definition) is 1. The number of carbonyl (C=O) groups excluding carboxylic acids is 2. The van der Waals surface area contributed by atoms with E-state index in [9.17, 15) is 9.59 Å². The second-order valence-corrected chi connectivity index (χ2v) is 5.64. The van der Waals surface area contributed by atoms with E-state index in [2.05, 4.69) is 18.2 Å². The van der Waals surface area contributed by atoms with Crippen LogP contribution in [-0.2, 0) is 11.2 Å². The van der Waals surface area contributed by atoms with Gasteiger partial charge in [-0.1, -0.05) is 6.92 Å². The first-order valence-corrected chi connectivity index (χ1v) is 7.18. The van der Waals surface area contributed by atoms with Crippen molar-refractivity contribution in [2.24, 2.45) is 5.73 Å². The lowest BCUT2D eigenvalue weighted by Gasteiger charge is -2.15. The first-order valence-electron chi connectivity index (χ1n) is 7.18. The first-order chi connectivity index (χ1) is 9.73. The van der Waals surface area contributed by atoms with Gasteiger partial charge in [0.15, 0.2) is 0 Å². The Morgan fingerprint density at radius 3 is 2.00 bits per heavy atom. The Hall–Kier alpha value is -2.10. The van der Waals surface area contributed by atoms with E-state index < -0.39 is 11.7 Å². The van der Waals surface area contributed by atoms with Gasteiger partial charge < -0.3 is 10.1 Å². The van der Waals surface area contributed by atoms with Crippen LogP contribution in [0.3, 0.4) is 0 Å². The maximum absolute atomic E-state index is 12.3. The van der Waals surface area contributed by atoms with Crippen molar-refractivity contribution >= 4 is 17.2 Å². The topological polar surface area (TPSA) is 64.6 Å². The van der Waals surface area contributed by atoms with Gasteiger partial charge in [0.2, 0.25) is 0 Å². The number of primary amides is 1. The second kappa shape index (κ2) is 5.02. The summed E-state index contributed by atoms with van der Waals surface area (Å²) >= 11 is 0. The molecule has 2 N–H and O–H groups in total. The zero-order valence-electron chi connectivity index (χ0n) is 13.5. The molecule has 0 spiro atoms. The lowest BCUT2D eigenvalue weighted by Crippen LogP contribution is -2.23. The number of fused-ring (bicyclic) bond motifs is 1. The molecule has 0 aromatic carbocycles. The maximum atomic E-state index is 12.3. The van der Waals surface area contributed by atoms with Crippen molar-refractivity contribution in [2.45, 2.75) is 48.0 Å². The zero-order chi connectivity index (χ0) is 16.1. The standard InChI is InChI=1S/C17H22N2O2/c1-7-13-11(5)14(16(20)17(18)21)15-10(4)8(2)9(3)12(6)19(13)15/h7H2,1-6H3,(H2,18,21). The zero-order valence-corrected chi connectivity index (χ0v) is 13.5. The molecule has 21 heavy (non-hydrogen) atoms. The minimum Gasteiger partial charge on any atom is -0.363 e. The van der Waals surface area contributed by atoms with Gasteiger partial charge in [0, 0.05) is 11.4 Å². The lowest BCUT2D eigenvalue weighted by molar-refractivity contribution is -0.114. The average molecular weight is 286 g/mol. The smallest absolute Gasteiger partial charge is 0.289 e. The summed E-state index contributed by atoms with van der Waals surface area (Å²) in [5.74, 6) is -1.50. The highest BCUT2D eigenvalue weighted by Gasteiger charge is 2.26. The van der Waals surface area contributed by atoms with Crippen molar-refractivity contribution in [3.05, 3.63) is 39.2 Å². The van der Waals surface area contributed by atoms with Gasteiger partial charge in [-0.15, -0.1) is 0 Å². The number of aryl methyl sites for hydroxylation is 3. The van der Waals surface area contributed by atoms with Gasteiger partial charge in [0.05, 0.1) is 11.1 Å². The van der Waals surface area contributed by atoms with E-state index in [1.807, 2.05) is 27.7 Å². The molecule has 0 bridgehead atoms. The van der Waals surface area contributed by atoms with Gasteiger partial charge in [-0.3, -0.25) is 9.59 Å². The van der Waals surface area contributed by atoms with Gasteiger partial charge in [0.1, 0.15) is 0 Å². The predicted molar refractivity (Wildman–Crippen MR) is 84.0 cm³/mol. The molecule has 0 saturated heterocycles. The summed E-state index contributed by atoms with van der Waals surface area (Å²) in [7, 11) is 0. The molecule has 0 fully saturated rings. The highest BCUT2D eigenvalue weighted by molar-refractivity contribution is 6.44. The molecule has 2 aromatic heterocycles. The maximum Gasteiger partial charge on any atom is 0.289 e. The molecule has 2 heterocycles. The second-order valence-electron chi connectivity index (χ2n) is 5.64. The molecule has 0 radical (unpaired) electrons. The van der Waals surface area contributed by atoms with Crippen LogP contribution in [0.5, 0.6) is 0 Å². The number of aromatic nitrogens is 1. The number of hydrogen-bond acceptors (Lipinski definition) is 2. The molecule has 0 unspecified atom stereocenters. The molecule has 0 aliphatic rings. The molecule has 4 nitrogen and oxygen atoms in total. The molecular weight excluding hydrogens is 264 g/mol. The predicted octanol–water partition coefficient (Wildman–Crippen LogP) is 2.71. The molecule has 1 amide bonds. The van der Waals surface area contributed by atoms with Gasteiger partial charge in [-0.25, -0.2) is 0 Å². The van der Waals surface area contributed by atoms with Gasteiger partial charge in [0.25, 0.3) is 11.7 Å². The molecular formula is C17H22N2O2. The fourth-order valence-electron chi connectivity index (χ4n) is 3.18. The SMILES string of the molecule is CCc1c(C)c(C(=O)C(N)=O)c2c(C)c(C)c(C)c(C)n12. The van der Waals surface area contributed by atoms with Crippen LogP contribution >= 0.6 is 0 Å². The third-order valence-electron chi connectivity index (χ3n) is 4.68. The Bertz CT molecular complexity index is 782. The van der Waals surface area contributed by atoms with Crippen LogP contribution in [0.15, 0.2) is 0 Å². The minimum absolute atomic E-state index is 0.461. The molecule has 2 rings (SSSR count). The van der Waals surface area contributed by atoms with Crippen molar-refractivity contribution in [3.8, 4) is 0 Å².